The Kier molecular flexibility index (Phi) is 5.87. The highest BCUT2D eigenvalue weighted by molar-refractivity contribution is 9.11. The van der Waals surface area contributed by atoms with E-state index < -0.39 is 10.8 Å². The molecule has 0 amide bonds. The van der Waals surface area contributed by atoms with Gasteiger partial charge in [-0.15, -0.1) is 0 Å². The average Bonchev–Trinajstić information content (AvgIpc) is 2.38. The van der Waals surface area contributed by atoms with E-state index in [1.807, 2.05) is 0 Å². The Balaban J connectivity index is 1.94. The van der Waals surface area contributed by atoms with Crippen LogP contribution in [0.3, 0.4) is 0 Å². The summed E-state index contributed by atoms with van der Waals surface area (Å²) in [4.78, 5) is 0. The fraction of sp³-hybridized carbons (Fsp3) is 0.538. The minimum absolute atomic E-state index is 0.484. The number of halogens is 2. The predicted molar refractivity (Wildman–Crippen MR) is 86.1 cm³/mol. The van der Waals surface area contributed by atoms with Crippen molar-refractivity contribution in [3.05, 3.63) is 26.6 Å². The molecule has 1 N–H and O–H groups in total. The molecule has 1 fully saturated rings. The van der Waals surface area contributed by atoms with Gasteiger partial charge >= 0.3 is 0 Å². The maximum Gasteiger partial charge on any atom is 0.147 e. The molecular weight excluding hydrogens is 394 g/mol. The number of rotatable bonds is 4. The Hall–Kier alpha value is 0.0900. The lowest BCUT2D eigenvalue weighted by atomic mass is 10.1. The van der Waals surface area contributed by atoms with Crippen LogP contribution in [0.5, 0.6) is 5.75 Å². The number of benzene rings is 1. The fourth-order valence-corrected chi connectivity index (χ4v) is 5.07. The van der Waals surface area contributed by atoms with Crippen LogP contribution < -0.4 is 10.1 Å². The van der Waals surface area contributed by atoms with E-state index in [1.165, 1.54) is 5.56 Å². The monoisotopic (exact) mass is 409 g/mol. The summed E-state index contributed by atoms with van der Waals surface area (Å²) in [5.74, 6) is 2.47. The third-order valence-corrected chi connectivity index (χ3v) is 5.81. The molecule has 19 heavy (non-hydrogen) atoms. The Morgan fingerprint density at radius 3 is 2.42 bits per heavy atom. The molecule has 0 radical (unpaired) electrons. The number of ether oxygens (including phenoxy) is 1. The van der Waals surface area contributed by atoms with E-state index in [0.717, 1.165) is 45.6 Å². The Labute approximate surface area is 133 Å². The van der Waals surface area contributed by atoms with Crippen LogP contribution in [0, 0.1) is 0 Å². The summed E-state index contributed by atoms with van der Waals surface area (Å²) in [5.41, 5.74) is 1.20. The lowest BCUT2D eigenvalue weighted by Crippen LogP contribution is -2.35. The van der Waals surface area contributed by atoms with Crippen LogP contribution in [-0.2, 0) is 17.3 Å². The van der Waals surface area contributed by atoms with Crippen LogP contribution in [-0.4, -0.2) is 28.9 Å². The normalized spacial score (nSPS) is 23.3. The summed E-state index contributed by atoms with van der Waals surface area (Å²) in [6, 6.07) is 4.62. The summed E-state index contributed by atoms with van der Waals surface area (Å²) in [6.07, 6.45) is 2.01. The van der Waals surface area contributed by atoms with Gasteiger partial charge < -0.3 is 10.1 Å². The zero-order chi connectivity index (χ0) is 13.8. The smallest absolute Gasteiger partial charge is 0.147 e. The molecule has 1 heterocycles. The second-order valence-electron chi connectivity index (χ2n) is 4.60. The lowest BCUT2D eigenvalue weighted by molar-refractivity contribution is 0.409. The van der Waals surface area contributed by atoms with E-state index in [4.69, 9.17) is 4.74 Å². The Morgan fingerprint density at radius 2 is 1.89 bits per heavy atom. The first kappa shape index (κ1) is 15.5. The molecule has 0 atom stereocenters. The number of nitrogens with one attached hydrogen (secondary N) is 1. The summed E-state index contributed by atoms with van der Waals surface area (Å²) >= 11 is 7.02. The van der Waals surface area contributed by atoms with E-state index in [-0.39, 0.29) is 0 Å². The lowest BCUT2D eigenvalue weighted by Gasteiger charge is -2.22. The summed E-state index contributed by atoms with van der Waals surface area (Å²) < 4.78 is 18.5. The predicted octanol–water partition coefficient (Wildman–Crippen LogP) is 3.22. The molecule has 0 bridgehead atoms. The molecule has 0 spiro atoms. The van der Waals surface area contributed by atoms with Crippen LogP contribution in [0.2, 0.25) is 0 Å². The number of hydrogen-bond acceptors (Lipinski definition) is 3. The van der Waals surface area contributed by atoms with Gasteiger partial charge in [-0.05, 0) is 62.4 Å². The first-order valence-electron chi connectivity index (χ1n) is 6.20. The van der Waals surface area contributed by atoms with Crippen molar-refractivity contribution in [1.82, 2.24) is 5.32 Å². The zero-order valence-corrected chi connectivity index (χ0v) is 14.7. The maximum absolute atomic E-state index is 11.3. The molecule has 2 rings (SSSR count). The van der Waals surface area contributed by atoms with Gasteiger partial charge in [-0.2, -0.15) is 0 Å². The van der Waals surface area contributed by atoms with Crippen molar-refractivity contribution in [1.29, 1.82) is 0 Å². The first-order chi connectivity index (χ1) is 9.10. The second-order valence-corrected chi connectivity index (χ2v) is 8.00. The maximum atomic E-state index is 11.3. The van der Waals surface area contributed by atoms with Gasteiger partial charge in [0.2, 0.25) is 0 Å². The SMILES string of the molecule is COc1c(Br)cc(CNC2CCS(=O)CC2)cc1Br. The van der Waals surface area contributed by atoms with Gasteiger partial charge in [-0.25, -0.2) is 0 Å². The third kappa shape index (κ3) is 4.28. The summed E-state index contributed by atoms with van der Waals surface area (Å²) in [5, 5.41) is 3.53. The van der Waals surface area contributed by atoms with Crippen LogP contribution in [0.1, 0.15) is 18.4 Å². The van der Waals surface area contributed by atoms with Crippen LogP contribution >= 0.6 is 31.9 Å². The highest BCUT2D eigenvalue weighted by atomic mass is 79.9. The highest BCUT2D eigenvalue weighted by Crippen LogP contribution is 2.34. The summed E-state index contributed by atoms with van der Waals surface area (Å²) in [7, 11) is 1.07. The van der Waals surface area contributed by atoms with Crippen molar-refractivity contribution in [2.24, 2.45) is 0 Å². The quantitative estimate of drug-likeness (QED) is 0.827. The minimum Gasteiger partial charge on any atom is -0.494 e. The number of methoxy groups -OCH3 is 1. The highest BCUT2D eigenvalue weighted by Gasteiger charge is 2.17. The molecule has 1 aromatic rings. The van der Waals surface area contributed by atoms with Gasteiger partial charge in [0, 0.05) is 34.9 Å². The average molecular weight is 411 g/mol. The van der Waals surface area contributed by atoms with Gasteiger partial charge in [0.1, 0.15) is 5.75 Å². The van der Waals surface area contributed by atoms with Crippen molar-refractivity contribution in [3.8, 4) is 5.75 Å². The Bertz CT molecular complexity index is 449. The second kappa shape index (κ2) is 7.20. The van der Waals surface area contributed by atoms with Crippen molar-refractivity contribution in [3.63, 3.8) is 0 Å². The van der Waals surface area contributed by atoms with Crippen LogP contribution in [0.25, 0.3) is 0 Å². The van der Waals surface area contributed by atoms with Crippen molar-refractivity contribution in [2.75, 3.05) is 18.6 Å². The fourth-order valence-electron chi connectivity index (χ4n) is 2.17. The van der Waals surface area contributed by atoms with Gasteiger partial charge in [0.15, 0.2) is 0 Å². The van der Waals surface area contributed by atoms with Gasteiger partial charge in [-0.1, -0.05) is 0 Å². The molecule has 0 saturated carbocycles. The van der Waals surface area contributed by atoms with Crippen molar-refractivity contribution < 1.29 is 8.95 Å². The summed E-state index contributed by atoms with van der Waals surface area (Å²) in [6.45, 7) is 0.818. The van der Waals surface area contributed by atoms with Crippen molar-refractivity contribution in [2.45, 2.75) is 25.4 Å². The number of hydrogen-bond donors (Lipinski definition) is 1. The zero-order valence-electron chi connectivity index (χ0n) is 10.7. The van der Waals surface area contributed by atoms with Crippen molar-refractivity contribution >= 4 is 42.7 Å². The molecule has 6 heteroatoms. The molecule has 3 nitrogen and oxygen atoms in total. The van der Waals surface area contributed by atoms with Crippen LogP contribution in [0.4, 0.5) is 0 Å². The van der Waals surface area contributed by atoms with E-state index >= 15 is 0 Å². The molecule has 0 unspecified atom stereocenters. The molecule has 1 aromatic carbocycles. The molecule has 0 aromatic heterocycles. The minimum atomic E-state index is -0.592. The molecule has 0 aliphatic carbocycles. The van der Waals surface area contributed by atoms with E-state index in [2.05, 4.69) is 49.3 Å². The molecule has 1 aliphatic rings. The Morgan fingerprint density at radius 1 is 1.32 bits per heavy atom. The largest absolute Gasteiger partial charge is 0.494 e. The molecule has 106 valence electrons. The van der Waals surface area contributed by atoms with Gasteiger partial charge in [0.05, 0.1) is 16.1 Å². The van der Waals surface area contributed by atoms with Gasteiger partial charge in [0.25, 0.3) is 0 Å². The standard InChI is InChI=1S/C13H17Br2NO2S/c1-18-13-11(14)6-9(7-12(13)15)8-16-10-2-4-19(17)5-3-10/h6-7,10,16H,2-5,8H2,1H3. The third-order valence-electron chi connectivity index (χ3n) is 3.25. The van der Waals surface area contributed by atoms with E-state index in [1.54, 1.807) is 7.11 Å². The van der Waals surface area contributed by atoms with Gasteiger partial charge in [-0.3, -0.25) is 4.21 Å². The first-order valence-corrected chi connectivity index (χ1v) is 9.28. The molecule has 1 aliphatic heterocycles. The molecule has 1 saturated heterocycles. The van der Waals surface area contributed by atoms with E-state index in [9.17, 15) is 4.21 Å². The topological polar surface area (TPSA) is 38.3 Å². The van der Waals surface area contributed by atoms with E-state index in [0.29, 0.717) is 6.04 Å². The van der Waals surface area contributed by atoms with Crippen LogP contribution in [0.15, 0.2) is 21.1 Å². The molecular formula is C13H17Br2NO2S.